The summed E-state index contributed by atoms with van der Waals surface area (Å²) >= 11 is 0. The lowest BCUT2D eigenvalue weighted by molar-refractivity contribution is 0.0711. The highest BCUT2D eigenvalue weighted by Crippen LogP contribution is 2.30. The maximum absolute atomic E-state index is 12.7. The maximum Gasteiger partial charge on any atom is 0.270 e. The molecule has 1 amide bonds. The average Bonchev–Trinajstić information content (AvgIpc) is 3.11. The van der Waals surface area contributed by atoms with Crippen LogP contribution in [0.4, 0.5) is 0 Å². The number of carbonyl (C=O) groups is 1. The summed E-state index contributed by atoms with van der Waals surface area (Å²) in [5.41, 5.74) is 0.393. The normalized spacial score (nSPS) is 15.5. The summed E-state index contributed by atoms with van der Waals surface area (Å²) in [5.74, 6) is 0.260. The van der Waals surface area contributed by atoms with E-state index in [1.807, 2.05) is 11.8 Å². The number of hydrogen-bond acceptors (Lipinski definition) is 3. The molecule has 118 valence electrons. The summed E-state index contributed by atoms with van der Waals surface area (Å²) in [7, 11) is 1.56. The van der Waals surface area contributed by atoms with E-state index >= 15 is 0 Å². The van der Waals surface area contributed by atoms with Gasteiger partial charge >= 0.3 is 0 Å². The lowest BCUT2D eigenvalue weighted by Crippen LogP contribution is -2.37. The second-order valence-electron chi connectivity index (χ2n) is 5.87. The van der Waals surface area contributed by atoms with Crippen molar-refractivity contribution in [3.05, 3.63) is 18.0 Å². The Balaban J connectivity index is 2.34. The van der Waals surface area contributed by atoms with Crippen LogP contribution in [0.25, 0.3) is 0 Å². The van der Waals surface area contributed by atoms with Crippen LogP contribution >= 0.6 is 10.7 Å². The van der Waals surface area contributed by atoms with Crippen molar-refractivity contribution in [2.24, 2.45) is 5.92 Å². The average molecular weight is 333 g/mol. The molecule has 0 aromatic carbocycles. The lowest BCUT2D eigenvalue weighted by atomic mass is 10.2. The monoisotopic (exact) mass is 332 g/mol. The molecular weight excluding hydrogens is 312 g/mol. The molecule has 1 saturated carbocycles. The third-order valence-corrected chi connectivity index (χ3v) is 4.84. The first-order chi connectivity index (χ1) is 9.74. The van der Waals surface area contributed by atoms with Crippen molar-refractivity contribution in [1.29, 1.82) is 0 Å². The highest BCUT2D eigenvalue weighted by Gasteiger charge is 2.34. The van der Waals surface area contributed by atoms with Crippen LogP contribution < -0.4 is 0 Å². The Morgan fingerprint density at radius 3 is 2.52 bits per heavy atom. The molecule has 0 bridgehead atoms. The van der Waals surface area contributed by atoms with Gasteiger partial charge in [0.25, 0.3) is 15.0 Å². The first-order valence-electron chi connectivity index (χ1n) is 7.19. The SMILES string of the molecule is CCn1cc(S(=O)(=O)Cl)cc1C(=O)N(CC(C)C)C1CC1. The molecule has 0 spiro atoms. The first kappa shape index (κ1) is 16.4. The number of halogens is 1. The van der Waals surface area contributed by atoms with E-state index in [4.69, 9.17) is 10.7 Å². The van der Waals surface area contributed by atoms with E-state index in [-0.39, 0.29) is 16.8 Å². The van der Waals surface area contributed by atoms with Crippen LogP contribution in [0.1, 0.15) is 44.1 Å². The zero-order valence-electron chi connectivity index (χ0n) is 12.5. The largest absolute Gasteiger partial charge is 0.342 e. The summed E-state index contributed by atoms with van der Waals surface area (Å²) < 4.78 is 24.6. The van der Waals surface area contributed by atoms with E-state index in [0.29, 0.717) is 24.7 Å². The number of carbonyl (C=O) groups excluding carboxylic acids is 1. The molecule has 21 heavy (non-hydrogen) atoms. The minimum atomic E-state index is -3.82. The Bertz CT molecular complexity index is 633. The van der Waals surface area contributed by atoms with Crippen molar-refractivity contribution in [2.75, 3.05) is 6.54 Å². The highest BCUT2D eigenvalue weighted by atomic mass is 35.7. The fraction of sp³-hybridized carbons (Fsp3) is 0.643. The Morgan fingerprint density at radius 2 is 2.10 bits per heavy atom. The predicted octanol–water partition coefficient (Wildman–Crippen LogP) is 2.70. The van der Waals surface area contributed by atoms with E-state index < -0.39 is 9.05 Å². The molecule has 2 rings (SSSR count). The molecule has 0 aliphatic heterocycles. The number of hydrogen-bond donors (Lipinski definition) is 0. The van der Waals surface area contributed by atoms with Gasteiger partial charge < -0.3 is 9.47 Å². The molecule has 1 aliphatic rings. The quantitative estimate of drug-likeness (QED) is 0.752. The van der Waals surface area contributed by atoms with E-state index in [2.05, 4.69) is 13.8 Å². The Labute approximate surface area is 130 Å². The number of aromatic nitrogens is 1. The van der Waals surface area contributed by atoms with Gasteiger partial charge in [-0.1, -0.05) is 13.8 Å². The molecule has 0 saturated heterocycles. The number of nitrogens with zero attached hydrogens (tertiary/aromatic N) is 2. The molecule has 0 unspecified atom stereocenters. The van der Waals surface area contributed by atoms with Crippen LogP contribution in [0, 0.1) is 5.92 Å². The van der Waals surface area contributed by atoms with Gasteiger partial charge in [0.15, 0.2) is 0 Å². The van der Waals surface area contributed by atoms with E-state index in [1.165, 1.54) is 12.3 Å². The molecule has 1 aromatic heterocycles. The van der Waals surface area contributed by atoms with Crippen molar-refractivity contribution in [3.63, 3.8) is 0 Å². The van der Waals surface area contributed by atoms with Gasteiger partial charge in [0.1, 0.15) is 10.6 Å². The lowest BCUT2D eigenvalue weighted by Gasteiger charge is -2.24. The highest BCUT2D eigenvalue weighted by molar-refractivity contribution is 8.13. The van der Waals surface area contributed by atoms with E-state index in [0.717, 1.165) is 12.8 Å². The summed E-state index contributed by atoms with van der Waals surface area (Å²) in [6.45, 7) is 7.20. The van der Waals surface area contributed by atoms with Crippen LogP contribution in [-0.2, 0) is 15.6 Å². The molecule has 0 atom stereocenters. The van der Waals surface area contributed by atoms with Crippen molar-refractivity contribution >= 4 is 25.6 Å². The Kier molecular flexibility index (Phi) is 4.68. The first-order valence-corrected chi connectivity index (χ1v) is 9.50. The van der Waals surface area contributed by atoms with Crippen molar-refractivity contribution in [3.8, 4) is 0 Å². The predicted molar refractivity (Wildman–Crippen MR) is 82.0 cm³/mol. The third-order valence-electron chi connectivity index (χ3n) is 3.52. The standard InChI is InChI=1S/C14H21ClN2O3S/c1-4-16-9-12(21(15,19)20)7-13(16)14(18)17(8-10(2)3)11-5-6-11/h7,9-11H,4-6,8H2,1-3H3. The molecule has 0 N–H and O–H groups in total. The van der Waals surface area contributed by atoms with Crippen LogP contribution in [0.3, 0.4) is 0 Å². The van der Waals surface area contributed by atoms with Crippen LogP contribution in [0.15, 0.2) is 17.2 Å². The summed E-state index contributed by atoms with van der Waals surface area (Å²) in [6.07, 6.45) is 3.47. The van der Waals surface area contributed by atoms with E-state index in [1.54, 1.807) is 4.57 Å². The zero-order valence-corrected chi connectivity index (χ0v) is 14.1. The zero-order chi connectivity index (χ0) is 15.8. The summed E-state index contributed by atoms with van der Waals surface area (Å²) in [6, 6.07) is 1.67. The van der Waals surface area contributed by atoms with E-state index in [9.17, 15) is 13.2 Å². The molecule has 7 heteroatoms. The van der Waals surface area contributed by atoms with Gasteiger partial charge in [0.2, 0.25) is 0 Å². The molecule has 1 heterocycles. The van der Waals surface area contributed by atoms with Crippen LogP contribution in [-0.4, -0.2) is 36.4 Å². The fourth-order valence-corrected chi connectivity index (χ4v) is 3.14. The van der Waals surface area contributed by atoms with Gasteiger partial charge in [-0.25, -0.2) is 8.42 Å². The summed E-state index contributed by atoms with van der Waals surface area (Å²) in [4.78, 5) is 14.6. The Morgan fingerprint density at radius 1 is 1.48 bits per heavy atom. The van der Waals surface area contributed by atoms with Gasteiger partial charge in [0, 0.05) is 36.0 Å². The van der Waals surface area contributed by atoms with Gasteiger partial charge in [-0.2, -0.15) is 0 Å². The van der Waals surface area contributed by atoms with Gasteiger partial charge in [-0.3, -0.25) is 4.79 Å². The van der Waals surface area contributed by atoms with Gasteiger partial charge in [-0.15, -0.1) is 0 Å². The number of amides is 1. The molecular formula is C14H21ClN2O3S. The minimum Gasteiger partial charge on any atom is -0.342 e. The summed E-state index contributed by atoms with van der Waals surface area (Å²) in [5, 5.41) is 0. The number of rotatable bonds is 6. The second kappa shape index (κ2) is 6.01. The van der Waals surface area contributed by atoms with Crippen molar-refractivity contribution < 1.29 is 13.2 Å². The third kappa shape index (κ3) is 3.80. The fourth-order valence-electron chi connectivity index (χ4n) is 2.38. The second-order valence-corrected chi connectivity index (χ2v) is 8.43. The molecule has 1 aromatic rings. The number of aryl methyl sites for hydroxylation is 1. The molecule has 0 radical (unpaired) electrons. The topological polar surface area (TPSA) is 59.4 Å². The van der Waals surface area contributed by atoms with Crippen LogP contribution in [0.5, 0.6) is 0 Å². The minimum absolute atomic E-state index is 0.0188. The van der Waals surface area contributed by atoms with Crippen molar-refractivity contribution in [1.82, 2.24) is 9.47 Å². The molecule has 5 nitrogen and oxygen atoms in total. The maximum atomic E-state index is 12.7. The van der Waals surface area contributed by atoms with Gasteiger partial charge in [-0.05, 0) is 31.7 Å². The molecule has 1 fully saturated rings. The van der Waals surface area contributed by atoms with Crippen LogP contribution in [0.2, 0.25) is 0 Å². The Hall–Kier alpha value is -1.01. The van der Waals surface area contributed by atoms with Gasteiger partial charge in [0.05, 0.1) is 0 Å². The smallest absolute Gasteiger partial charge is 0.270 e. The molecule has 1 aliphatic carbocycles. The van der Waals surface area contributed by atoms with Crippen molar-refractivity contribution in [2.45, 2.75) is 51.1 Å².